The highest BCUT2D eigenvalue weighted by Gasteiger charge is 2.23. The van der Waals surface area contributed by atoms with Crippen molar-refractivity contribution in [3.8, 4) is 5.82 Å². The number of benzene rings is 1. The van der Waals surface area contributed by atoms with Gasteiger partial charge in [0.05, 0.1) is 5.69 Å². The molecule has 1 aliphatic rings. The molecule has 0 spiro atoms. The molecule has 9 heteroatoms. The van der Waals surface area contributed by atoms with Crippen molar-refractivity contribution in [3.05, 3.63) is 69.8 Å². The van der Waals surface area contributed by atoms with E-state index >= 15 is 0 Å². The molecule has 0 radical (unpaired) electrons. The molecule has 1 aliphatic heterocycles. The summed E-state index contributed by atoms with van der Waals surface area (Å²) in [5.74, 6) is 0.798. The van der Waals surface area contributed by atoms with Crippen molar-refractivity contribution in [2.75, 3.05) is 11.9 Å². The third kappa shape index (κ3) is 3.89. The Morgan fingerprint density at radius 3 is 2.82 bits per heavy atom. The number of rotatable bonds is 5. The number of halogens is 1. The number of hydrogen-bond donors (Lipinski definition) is 2. The molecule has 3 aromatic heterocycles. The molecule has 0 saturated heterocycles. The van der Waals surface area contributed by atoms with Crippen LogP contribution in [0, 0.1) is 0 Å². The quantitative estimate of drug-likeness (QED) is 0.486. The van der Waals surface area contributed by atoms with Crippen LogP contribution in [-0.4, -0.2) is 30.9 Å². The van der Waals surface area contributed by atoms with E-state index in [4.69, 9.17) is 0 Å². The van der Waals surface area contributed by atoms with Crippen LogP contribution in [0.25, 0.3) is 16.9 Å². The standard InChI is InChI=1S/C24H26FN7O/c1-4-31-22(33)18-14-27-23(28-17-9-8-15-10-11-26-13-16(15)12-17)30-21(18)32(31)20-7-5-6-19(29-20)24(2,3)25/h5-9,12,14,26H,4,10-11,13H2,1-3H3,(H,27,28,30). The van der Waals surface area contributed by atoms with Gasteiger partial charge in [0, 0.05) is 25.0 Å². The molecule has 4 aromatic rings. The lowest BCUT2D eigenvalue weighted by molar-refractivity contribution is 0.214. The maximum absolute atomic E-state index is 14.6. The van der Waals surface area contributed by atoms with Crippen LogP contribution in [0.2, 0.25) is 0 Å². The summed E-state index contributed by atoms with van der Waals surface area (Å²) in [4.78, 5) is 26.5. The van der Waals surface area contributed by atoms with Crippen LogP contribution >= 0.6 is 0 Å². The van der Waals surface area contributed by atoms with Gasteiger partial charge in [0.2, 0.25) is 5.95 Å². The van der Waals surface area contributed by atoms with Crippen LogP contribution in [0.1, 0.15) is 37.6 Å². The molecule has 0 saturated carbocycles. The minimum atomic E-state index is -1.61. The number of aromatic nitrogens is 5. The Labute approximate surface area is 190 Å². The number of nitrogens with zero attached hydrogens (tertiary/aromatic N) is 5. The van der Waals surface area contributed by atoms with Crippen LogP contribution in [-0.2, 0) is 25.2 Å². The molecule has 8 nitrogen and oxygen atoms in total. The van der Waals surface area contributed by atoms with E-state index in [0.717, 1.165) is 25.2 Å². The summed E-state index contributed by atoms with van der Waals surface area (Å²) in [6, 6.07) is 11.3. The summed E-state index contributed by atoms with van der Waals surface area (Å²) in [7, 11) is 0. The lowest BCUT2D eigenvalue weighted by Crippen LogP contribution is -2.23. The Balaban J connectivity index is 1.60. The zero-order chi connectivity index (χ0) is 23.2. The predicted octanol–water partition coefficient (Wildman–Crippen LogP) is 3.59. The maximum Gasteiger partial charge on any atom is 0.278 e. The maximum atomic E-state index is 14.6. The first-order chi connectivity index (χ1) is 15.8. The van der Waals surface area contributed by atoms with Gasteiger partial charge in [0.1, 0.15) is 11.1 Å². The Morgan fingerprint density at radius 1 is 1.18 bits per heavy atom. The average Bonchev–Trinajstić information content (AvgIpc) is 3.09. The van der Waals surface area contributed by atoms with E-state index in [0.29, 0.717) is 29.3 Å². The number of anilines is 2. The summed E-state index contributed by atoms with van der Waals surface area (Å²) in [6.07, 6.45) is 2.54. The fourth-order valence-electron chi connectivity index (χ4n) is 4.17. The van der Waals surface area contributed by atoms with E-state index in [2.05, 4.69) is 37.7 Å². The molecule has 2 N–H and O–H groups in total. The highest BCUT2D eigenvalue weighted by atomic mass is 19.1. The molecule has 0 aliphatic carbocycles. The van der Waals surface area contributed by atoms with Crippen LogP contribution < -0.4 is 16.2 Å². The fourth-order valence-corrected chi connectivity index (χ4v) is 4.17. The molecule has 1 aromatic carbocycles. The number of nitrogens with one attached hydrogen (secondary N) is 2. The SMILES string of the molecule is CCn1c(=O)c2cnc(Nc3ccc4c(c3)CNCC4)nc2n1-c1cccc(C(C)(C)F)n1. The van der Waals surface area contributed by atoms with Gasteiger partial charge in [-0.25, -0.2) is 23.7 Å². The molecule has 0 amide bonds. The molecule has 170 valence electrons. The third-order valence-corrected chi connectivity index (χ3v) is 5.88. The van der Waals surface area contributed by atoms with Crippen LogP contribution in [0.15, 0.2) is 47.4 Å². The molecular formula is C24H26FN7O. The molecule has 0 atom stereocenters. The molecule has 0 unspecified atom stereocenters. The Bertz CT molecular complexity index is 1400. The van der Waals surface area contributed by atoms with Gasteiger partial charge >= 0.3 is 0 Å². The van der Waals surface area contributed by atoms with E-state index in [1.165, 1.54) is 35.9 Å². The molecule has 5 rings (SSSR count). The largest absolute Gasteiger partial charge is 0.324 e. The van der Waals surface area contributed by atoms with E-state index < -0.39 is 5.67 Å². The molecule has 33 heavy (non-hydrogen) atoms. The van der Waals surface area contributed by atoms with Crippen molar-refractivity contribution >= 4 is 22.7 Å². The van der Waals surface area contributed by atoms with Crippen LogP contribution in [0.5, 0.6) is 0 Å². The van der Waals surface area contributed by atoms with E-state index in [9.17, 15) is 9.18 Å². The van der Waals surface area contributed by atoms with Gasteiger partial charge in [-0.2, -0.15) is 4.98 Å². The normalized spacial score (nSPS) is 13.8. The first kappa shape index (κ1) is 21.3. The third-order valence-electron chi connectivity index (χ3n) is 5.88. The van der Waals surface area contributed by atoms with Crippen molar-refractivity contribution in [2.45, 2.75) is 46.0 Å². The predicted molar refractivity (Wildman–Crippen MR) is 126 cm³/mol. The van der Waals surface area contributed by atoms with Crippen molar-refractivity contribution in [3.63, 3.8) is 0 Å². The van der Waals surface area contributed by atoms with Crippen molar-refractivity contribution in [2.24, 2.45) is 0 Å². The molecule has 0 bridgehead atoms. The van der Waals surface area contributed by atoms with Gasteiger partial charge < -0.3 is 10.6 Å². The van der Waals surface area contributed by atoms with E-state index in [-0.39, 0.29) is 11.3 Å². The Hall–Kier alpha value is -3.59. The fraction of sp³-hybridized carbons (Fsp3) is 0.333. The smallest absolute Gasteiger partial charge is 0.278 e. The number of alkyl halides is 1. The highest BCUT2D eigenvalue weighted by molar-refractivity contribution is 5.77. The van der Waals surface area contributed by atoms with E-state index in [1.807, 2.05) is 13.0 Å². The second-order valence-electron chi connectivity index (χ2n) is 8.65. The van der Waals surface area contributed by atoms with Gasteiger partial charge in [-0.05, 0) is 69.1 Å². The zero-order valence-corrected chi connectivity index (χ0v) is 18.9. The average molecular weight is 448 g/mol. The van der Waals surface area contributed by atoms with E-state index in [1.54, 1.807) is 22.9 Å². The lowest BCUT2D eigenvalue weighted by Gasteiger charge is -2.18. The molecular weight excluding hydrogens is 421 g/mol. The summed E-state index contributed by atoms with van der Waals surface area (Å²) >= 11 is 0. The van der Waals surface area contributed by atoms with Crippen LogP contribution in [0.4, 0.5) is 16.0 Å². The summed E-state index contributed by atoms with van der Waals surface area (Å²) in [5, 5.41) is 7.01. The summed E-state index contributed by atoms with van der Waals surface area (Å²) in [5.41, 5.74) is 2.33. The monoisotopic (exact) mass is 447 g/mol. The number of pyridine rings is 1. The Morgan fingerprint density at radius 2 is 2.03 bits per heavy atom. The van der Waals surface area contributed by atoms with Gasteiger partial charge in [-0.3, -0.25) is 4.79 Å². The molecule has 4 heterocycles. The zero-order valence-electron chi connectivity index (χ0n) is 18.9. The van der Waals surface area contributed by atoms with Gasteiger partial charge in [0.25, 0.3) is 5.56 Å². The first-order valence-electron chi connectivity index (χ1n) is 11.1. The second kappa shape index (κ2) is 8.08. The number of hydrogen-bond acceptors (Lipinski definition) is 6. The number of fused-ring (bicyclic) bond motifs is 2. The minimum absolute atomic E-state index is 0.217. The van der Waals surface area contributed by atoms with Gasteiger partial charge in [0.15, 0.2) is 11.5 Å². The van der Waals surface area contributed by atoms with Crippen molar-refractivity contribution in [1.29, 1.82) is 0 Å². The second-order valence-corrected chi connectivity index (χ2v) is 8.65. The minimum Gasteiger partial charge on any atom is -0.324 e. The van der Waals surface area contributed by atoms with Crippen LogP contribution in [0.3, 0.4) is 0 Å². The van der Waals surface area contributed by atoms with Gasteiger partial charge in [-0.1, -0.05) is 12.1 Å². The molecule has 0 fully saturated rings. The summed E-state index contributed by atoms with van der Waals surface area (Å²) in [6.45, 7) is 7.00. The van der Waals surface area contributed by atoms with Crippen molar-refractivity contribution < 1.29 is 4.39 Å². The summed E-state index contributed by atoms with van der Waals surface area (Å²) < 4.78 is 17.7. The first-order valence-corrected chi connectivity index (χ1v) is 11.1. The topological polar surface area (TPSA) is 89.7 Å². The lowest BCUT2D eigenvalue weighted by atomic mass is 10.0. The van der Waals surface area contributed by atoms with Crippen molar-refractivity contribution in [1.82, 2.24) is 29.6 Å². The highest BCUT2D eigenvalue weighted by Crippen LogP contribution is 2.25. The Kier molecular flexibility index (Phi) is 5.20. The van der Waals surface area contributed by atoms with Gasteiger partial charge in [-0.15, -0.1) is 0 Å².